The molecule has 0 saturated heterocycles. The first-order valence-electron chi connectivity index (χ1n) is 4.69. The minimum atomic E-state index is -0.934. The van der Waals surface area contributed by atoms with Gasteiger partial charge in [-0.3, -0.25) is 4.89 Å². The van der Waals surface area contributed by atoms with E-state index in [4.69, 9.17) is 10.6 Å². The Balaban J connectivity index is 2.52. The van der Waals surface area contributed by atoms with Gasteiger partial charge in [0.2, 0.25) is 0 Å². The Kier molecular flexibility index (Phi) is 3.68. The van der Waals surface area contributed by atoms with Crippen LogP contribution in [0.3, 0.4) is 0 Å². The summed E-state index contributed by atoms with van der Waals surface area (Å²) in [5.74, 6) is 0. The fourth-order valence-electron chi connectivity index (χ4n) is 1.27. The lowest BCUT2D eigenvalue weighted by Gasteiger charge is -2.22. The molecule has 0 radical (unpaired) electrons. The smallest absolute Gasteiger partial charge is 0.333 e. The maximum Gasteiger partial charge on any atom is 0.436 e. The van der Waals surface area contributed by atoms with Crippen LogP contribution in [-0.2, 0) is 16.2 Å². The maximum absolute atomic E-state index is 10.4. The van der Waals surface area contributed by atoms with Crippen LogP contribution in [0.15, 0.2) is 30.3 Å². The Morgan fingerprint density at radius 3 is 2.47 bits per heavy atom. The average Bonchev–Trinajstić information content (AvgIpc) is 2.16. The van der Waals surface area contributed by atoms with Crippen molar-refractivity contribution in [3.05, 3.63) is 35.9 Å². The Morgan fingerprint density at radius 1 is 1.33 bits per heavy atom. The van der Waals surface area contributed by atoms with E-state index in [0.717, 1.165) is 5.56 Å². The van der Waals surface area contributed by atoms with Crippen LogP contribution < -0.4 is 5.73 Å². The summed E-state index contributed by atoms with van der Waals surface area (Å²) >= 11 is 0. The molecule has 0 saturated carbocycles. The van der Waals surface area contributed by atoms with E-state index in [1.807, 2.05) is 44.2 Å². The average molecular weight is 209 g/mol. The topological polar surface area (TPSA) is 61.6 Å². The monoisotopic (exact) mass is 209 g/mol. The van der Waals surface area contributed by atoms with Crippen molar-refractivity contribution < 1.29 is 14.6 Å². The van der Waals surface area contributed by atoms with E-state index in [1.54, 1.807) is 0 Å². The minimum Gasteiger partial charge on any atom is -0.333 e. The van der Waals surface area contributed by atoms with Crippen LogP contribution in [0.5, 0.6) is 0 Å². The van der Waals surface area contributed by atoms with Crippen molar-refractivity contribution in [2.24, 2.45) is 5.73 Å². The third-order valence-corrected chi connectivity index (χ3v) is 1.82. The molecule has 0 heterocycles. The third-order valence-electron chi connectivity index (χ3n) is 1.82. The second-order valence-corrected chi connectivity index (χ2v) is 3.91. The summed E-state index contributed by atoms with van der Waals surface area (Å²) < 4.78 is 0. The third kappa shape index (κ3) is 4.46. The molecule has 4 heteroatoms. The molecule has 0 atom stereocenters. The standard InChI is InChI=1S/C11H15NO3/c1-11(2,15-14-10(12)13)8-9-6-4-3-5-7-9/h3-7H,8H2,1-2H3,(H2,12,13). The van der Waals surface area contributed by atoms with Crippen molar-refractivity contribution in [3.8, 4) is 0 Å². The summed E-state index contributed by atoms with van der Waals surface area (Å²) in [6.45, 7) is 3.64. The van der Waals surface area contributed by atoms with Gasteiger partial charge in [0.25, 0.3) is 0 Å². The summed E-state index contributed by atoms with van der Waals surface area (Å²) in [7, 11) is 0. The van der Waals surface area contributed by atoms with E-state index in [2.05, 4.69) is 4.89 Å². The Morgan fingerprint density at radius 2 is 1.93 bits per heavy atom. The number of carbonyl (C=O) groups excluding carboxylic acids is 1. The second-order valence-electron chi connectivity index (χ2n) is 3.91. The van der Waals surface area contributed by atoms with E-state index < -0.39 is 11.7 Å². The lowest BCUT2D eigenvalue weighted by Crippen LogP contribution is -2.30. The van der Waals surface area contributed by atoms with Gasteiger partial charge >= 0.3 is 6.09 Å². The summed E-state index contributed by atoms with van der Waals surface area (Å²) in [6.07, 6.45) is -0.294. The van der Waals surface area contributed by atoms with E-state index in [9.17, 15) is 4.79 Å². The summed E-state index contributed by atoms with van der Waals surface area (Å²) in [4.78, 5) is 19.6. The first kappa shape index (κ1) is 11.5. The highest BCUT2D eigenvalue weighted by Crippen LogP contribution is 2.16. The Hall–Kier alpha value is -1.55. The summed E-state index contributed by atoms with van der Waals surface area (Å²) in [5, 5.41) is 0. The number of nitrogens with two attached hydrogens (primary N) is 1. The summed E-state index contributed by atoms with van der Waals surface area (Å²) in [6, 6.07) is 9.79. The summed E-state index contributed by atoms with van der Waals surface area (Å²) in [5.41, 5.74) is 5.33. The number of primary amides is 1. The highest BCUT2D eigenvalue weighted by molar-refractivity contribution is 5.63. The van der Waals surface area contributed by atoms with Crippen LogP contribution in [0, 0.1) is 0 Å². The predicted octanol–water partition coefficient (Wildman–Crippen LogP) is 2.03. The lowest BCUT2D eigenvalue weighted by molar-refractivity contribution is -0.303. The van der Waals surface area contributed by atoms with Crippen LogP contribution in [0.25, 0.3) is 0 Å². The van der Waals surface area contributed by atoms with Gasteiger partial charge in [-0.05, 0) is 19.4 Å². The second kappa shape index (κ2) is 4.79. The van der Waals surface area contributed by atoms with Crippen LogP contribution in [0.4, 0.5) is 4.79 Å². The van der Waals surface area contributed by atoms with Gasteiger partial charge in [-0.15, -0.1) is 0 Å². The SMILES string of the molecule is CC(C)(Cc1ccccc1)OOC(N)=O. The molecule has 2 N–H and O–H groups in total. The molecule has 4 nitrogen and oxygen atoms in total. The fraction of sp³-hybridized carbons (Fsp3) is 0.364. The van der Waals surface area contributed by atoms with Gasteiger partial charge in [0, 0.05) is 6.42 Å². The molecule has 0 aromatic heterocycles. The molecule has 1 amide bonds. The molecule has 0 aliphatic heterocycles. The van der Waals surface area contributed by atoms with Crippen LogP contribution in [0.1, 0.15) is 19.4 Å². The zero-order valence-electron chi connectivity index (χ0n) is 8.90. The van der Waals surface area contributed by atoms with E-state index in [1.165, 1.54) is 0 Å². The molecule has 0 aliphatic carbocycles. The van der Waals surface area contributed by atoms with Crippen LogP contribution >= 0.6 is 0 Å². The van der Waals surface area contributed by atoms with Gasteiger partial charge in [-0.2, -0.15) is 4.89 Å². The van der Waals surface area contributed by atoms with Crippen molar-refractivity contribution >= 4 is 6.09 Å². The molecule has 15 heavy (non-hydrogen) atoms. The lowest BCUT2D eigenvalue weighted by atomic mass is 9.99. The number of rotatable bonds is 4. The quantitative estimate of drug-likeness (QED) is 0.609. The zero-order valence-corrected chi connectivity index (χ0v) is 8.90. The molecular formula is C11H15NO3. The van der Waals surface area contributed by atoms with Gasteiger partial charge in [0.15, 0.2) is 0 Å². The van der Waals surface area contributed by atoms with E-state index in [0.29, 0.717) is 6.42 Å². The molecular weight excluding hydrogens is 194 g/mol. The molecule has 0 aliphatic rings. The van der Waals surface area contributed by atoms with Crippen LogP contribution in [-0.4, -0.2) is 11.7 Å². The predicted molar refractivity (Wildman–Crippen MR) is 56.0 cm³/mol. The first-order valence-corrected chi connectivity index (χ1v) is 4.69. The number of hydrogen-bond donors (Lipinski definition) is 1. The molecule has 0 fully saturated rings. The molecule has 0 bridgehead atoms. The largest absolute Gasteiger partial charge is 0.436 e. The molecule has 0 unspecified atom stereocenters. The highest BCUT2D eigenvalue weighted by atomic mass is 17.2. The van der Waals surface area contributed by atoms with Crippen molar-refractivity contribution in [2.75, 3.05) is 0 Å². The normalized spacial score (nSPS) is 11.1. The van der Waals surface area contributed by atoms with Crippen LogP contribution in [0.2, 0.25) is 0 Å². The van der Waals surface area contributed by atoms with E-state index >= 15 is 0 Å². The number of hydrogen-bond acceptors (Lipinski definition) is 3. The first-order chi connectivity index (χ1) is 6.99. The highest BCUT2D eigenvalue weighted by Gasteiger charge is 2.22. The Bertz CT molecular complexity index is 322. The minimum absolute atomic E-state index is 0.587. The molecule has 0 spiro atoms. The van der Waals surface area contributed by atoms with Crippen molar-refractivity contribution in [1.82, 2.24) is 0 Å². The van der Waals surface area contributed by atoms with Crippen molar-refractivity contribution in [2.45, 2.75) is 25.9 Å². The van der Waals surface area contributed by atoms with Gasteiger partial charge < -0.3 is 5.73 Å². The van der Waals surface area contributed by atoms with E-state index in [-0.39, 0.29) is 0 Å². The number of benzene rings is 1. The van der Waals surface area contributed by atoms with Gasteiger partial charge in [-0.1, -0.05) is 30.3 Å². The van der Waals surface area contributed by atoms with Gasteiger partial charge in [0.05, 0.1) is 0 Å². The van der Waals surface area contributed by atoms with Gasteiger partial charge in [-0.25, -0.2) is 4.79 Å². The molecule has 82 valence electrons. The van der Waals surface area contributed by atoms with Crippen molar-refractivity contribution in [3.63, 3.8) is 0 Å². The number of amides is 1. The van der Waals surface area contributed by atoms with Gasteiger partial charge in [0.1, 0.15) is 5.60 Å². The molecule has 1 aromatic carbocycles. The molecule has 1 aromatic rings. The zero-order chi connectivity index (χ0) is 11.3. The molecule has 1 rings (SSSR count). The number of carbonyl (C=O) groups is 1. The fourth-order valence-corrected chi connectivity index (χ4v) is 1.27. The maximum atomic E-state index is 10.4. The van der Waals surface area contributed by atoms with Crippen molar-refractivity contribution in [1.29, 1.82) is 0 Å². The Labute approximate surface area is 88.9 Å².